The molecule has 0 aliphatic rings. The monoisotopic (exact) mass is 309 g/mol. The summed E-state index contributed by atoms with van der Waals surface area (Å²) >= 11 is 7.13. The molecule has 0 saturated carbocycles. The van der Waals surface area contributed by atoms with Crippen LogP contribution in [0.2, 0.25) is 5.15 Å². The van der Waals surface area contributed by atoms with Crippen molar-refractivity contribution in [3.8, 4) is 0 Å². The third kappa shape index (κ3) is 2.52. The number of aliphatic hydroxyl groups is 1. The molecule has 2 rings (SSSR count). The number of halogens is 1. The van der Waals surface area contributed by atoms with E-state index in [4.69, 9.17) is 11.6 Å². The summed E-state index contributed by atoms with van der Waals surface area (Å²) in [5.74, 6) is 0. The minimum Gasteiger partial charge on any atom is -0.392 e. The molecule has 0 amide bonds. The van der Waals surface area contributed by atoms with Crippen molar-refractivity contribution in [3.63, 3.8) is 0 Å². The van der Waals surface area contributed by atoms with Crippen LogP contribution in [0.5, 0.6) is 0 Å². The second-order valence-electron chi connectivity index (χ2n) is 3.68. The minimum atomic E-state index is -3.78. The number of hydrogen-bond donors (Lipinski definition) is 2. The van der Waals surface area contributed by atoms with Gasteiger partial charge in [-0.1, -0.05) is 18.5 Å². The first-order chi connectivity index (χ1) is 8.45. The van der Waals surface area contributed by atoms with Gasteiger partial charge < -0.3 is 5.11 Å². The SMILES string of the molecule is CCC(O)CNS(=O)(=O)c1c(Cl)nc2sccn12. The molecule has 2 heterocycles. The van der Waals surface area contributed by atoms with Crippen LogP contribution in [0.4, 0.5) is 0 Å². The van der Waals surface area contributed by atoms with E-state index in [1.54, 1.807) is 18.5 Å². The summed E-state index contributed by atoms with van der Waals surface area (Å²) in [5, 5.41) is 10.9. The zero-order valence-corrected chi connectivity index (χ0v) is 11.9. The molecular formula is C9H12ClN3O3S2. The van der Waals surface area contributed by atoms with E-state index in [9.17, 15) is 13.5 Å². The Bertz CT molecular complexity index is 649. The van der Waals surface area contributed by atoms with Gasteiger partial charge in [0.1, 0.15) is 0 Å². The van der Waals surface area contributed by atoms with E-state index in [-0.39, 0.29) is 16.7 Å². The molecular weight excluding hydrogens is 298 g/mol. The average molecular weight is 310 g/mol. The lowest BCUT2D eigenvalue weighted by molar-refractivity contribution is 0.174. The molecule has 1 unspecified atom stereocenters. The average Bonchev–Trinajstić information content (AvgIpc) is 2.84. The Morgan fingerprint density at radius 2 is 2.39 bits per heavy atom. The summed E-state index contributed by atoms with van der Waals surface area (Å²) < 4.78 is 27.9. The molecule has 0 spiro atoms. The highest BCUT2D eigenvalue weighted by Crippen LogP contribution is 2.25. The van der Waals surface area contributed by atoms with Crippen molar-refractivity contribution in [2.45, 2.75) is 24.5 Å². The fourth-order valence-corrected chi connectivity index (χ4v) is 3.92. The maximum absolute atomic E-state index is 12.1. The van der Waals surface area contributed by atoms with Crippen LogP contribution in [0.1, 0.15) is 13.3 Å². The van der Waals surface area contributed by atoms with E-state index in [1.165, 1.54) is 15.7 Å². The maximum atomic E-state index is 12.1. The Hall–Kier alpha value is -0.670. The van der Waals surface area contributed by atoms with Crippen LogP contribution < -0.4 is 4.72 Å². The lowest BCUT2D eigenvalue weighted by Gasteiger charge is -2.09. The van der Waals surface area contributed by atoms with Gasteiger partial charge in [0.2, 0.25) is 0 Å². The Kier molecular flexibility index (Phi) is 3.93. The zero-order valence-electron chi connectivity index (χ0n) is 9.50. The van der Waals surface area contributed by atoms with Crippen molar-refractivity contribution in [1.82, 2.24) is 14.1 Å². The number of imidazole rings is 1. The molecule has 18 heavy (non-hydrogen) atoms. The summed E-state index contributed by atoms with van der Waals surface area (Å²) in [5.41, 5.74) is 0. The summed E-state index contributed by atoms with van der Waals surface area (Å²) in [6, 6.07) is 0. The molecule has 1 atom stereocenters. The third-order valence-electron chi connectivity index (χ3n) is 2.41. The molecule has 0 aromatic carbocycles. The number of aromatic nitrogens is 2. The van der Waals surface area contributed by atoms with Crippen molar-refractivity contribution in [2.75, 3.05) is 6.54 Å². The number of aliphatic hydroxyl groups excluding tert-OH is 1. The number of hydrogen-bond acceptors (Lipinski definition) is 5. The molecule has 0 saturated heterocycles. The number of fused-ring (bicyclic) bond motifs is 1. The van der Waals surface area contributed by atoms with Crippen LogP contribution in [0.15, 0.2) is 16.6 Å². The van der Waals surface area contributed by atoms with E-state index < -0.39 is 16.1 Å². The lowest BCUT2D eigenvalue weighted by atomic mass is 10.3. The van der Waals surface area contributed by atoms with Gasteiger partial charge in [0.25, 0.3) is 10.0 Å². The quantitative estimate of drug-likeness (QED) is 0.866. The van der Waals surface area contributed by atoms with Crippen LogP contribution >= 0.6 is 22.9 Å². The first-order valence-electron chi connectivity index (χ1n) is 5.24. The molecule has 2 N–H and O–H groups in total. The molecule has 100 valence electrons. The fourth-order valence-electron chi connectivity index (χ4n) is 1.40. The van der Waals surface area contributed by atoms with Crippen LogP contribution in [-0.4, -0.2) is 35.6 Å². The highest BCUT2D eigenvalue weighted by Gasteiger charge is 2.25. The fraction of sp³-hybridized carbons (Fsp3) is 0.444. The van der Waals surface area contributed by atoms with E-state index in [2.05, 4.69) is 9.71 Å². The molecule has 0 fully saturated rings. The van der Waals surface area contributed by atoms with Gasteiger partial charge in [-0.05, 0) is 6.42 Å². The Labute approximate surface area is 113 Å². The van der Waals surface area contributed by atoms with Gasteiger partial charge in [-0.15, -0.1) is 11.3 Å². The largest absolute Gasteiger partial charge is 0.392 e. The standard InChI is InChI=1S/C9H12ClN3O3S2/c1-2-6(14)5-11-18(15,16)8-7(10)12-9-13(8)3-4-17-9/h3-4,6,11,14H,2,5H2,1H3. The Morgan fingerprint density at radius 3 is 3.06 bits per heavy atom. The van der Waals surface area contributed by atoms with Gasteiger partial charge in [-0.2, -0.15) is 0 Å². The highest BCUT2D eigenvalue weighted by molar-refractivity contribution is 7.89. The van der Waals surface area contributed by atoms with Crippen molar-refractivity contribution in [3.05, 3.63) is 16.7 Å². The predicted molar refractivity (Wildman–Crippen MR) is 69.6 cm³/mol. The normalized spacial score (nSPS) is 14.2. The highest BCUT2D eigenvalue weighted by atomic mass is 35.5. The number of thiazole rings is 1. The van der Waals surface area contributed by atoms with Crippen molar-refractivity contribution < 1.29 is 13.5 Å². The summed E-state index contributed by atoms with van der Waals surface area (Å²) in [6.45, 7) is 1.72. The van der Waals surface area contributed by atoms with E-state index >= 15 is 0 Å². The molecule has 0 radical (unpaired) electrons. The molecule has 0 bridgehead atoms. The smallest absolute Gasteiger partial charge is 0.259 e. The number of sulfonamides is 1. The van der Waals surface area contributed by atoms with Gasteiger partial charge in [0.05, 0.1) is 6.10 Å². The molecule has 2 aromatic heterocycles. The molecule has 0 aliphatic carbocycles. The molecule has 6 nitrogen and oxygen atoms in total. The molecule has 0 aliphatic heterocycles. The number of nitrogens with one attached hydrogen (secondary N) is 1. The second-order valence-corrected chi connectivity index (χ2v) is 6.59. The predicted octanol–water partition coefficient (Wildman–Crippen LogP) is 1.10. The summed E-state index contributed by atoms with van der Waals surface area (Å²) in [6.07, 6.45) is 1.34. The second kappa shape index (κ2) is 5.14. The minimum absolute atomic E-state index is 0.0491. The summed E-state index contributed by atoms with van der Waals surface area (Å²) in [7, 11) is -3.78. The number of nitrogens with zero attached hydrogens (tertiary/aromatic N) is 2. The van der Waals surface area contributed by atoms with Gasteiger partial charge in [0, 0.05) is 18.1 Å². The number of rotatable bonds is 5. The first kappa shape index (κ1) is 13.8. The van der Waals surface area contributed by atoms with Crippen molar-refractivity contribution in [2.24, 2.45) is 0 Å². The Balaban J connectivity index is 2.34. The lowest BCUT2D eigenvalue weighted by Crippen LogP contribution is -2.32. The Morgan fingerprint density at radius 1 is 1.67 bits per heavy atom. The van der Waals surface area contributed by atoms with Gasteiger partial charge >= 0.3 is 0 Å². The third-order valence-corrected chi connectivity index (χ3v) is 4.99. The van der Waals surface area contributed by atoms with Gasteiger partial charge in [0.15, 0.2) is 15.1 Å². The van der Waals surface area contributed by atoms with Crippen molar-refractivity contribution >= 4 is 37.9 Å². The first-order valence-corrected chi connectivity index (χ1v) is 7.98. The van der Waals surface area contributed by atoms with Crippen LogP contribution in [0.25, 0.3) is 4.96 Å². The van der Waals surface area contributed by atoms with Crippen molar-refractivity contribution in [1.29, 1.82) is 0 Å². The van der Waals surface area contributed by atoms with Crippen LogP contribution in [0, 0.1) is 0 Å². The summed E-state index contributed by atoms with van der Waals surface area (Å²) in [4.78, 5) is 4.46. The van der Waals surface area contributed by atoms with Gasteiger partial charge in [-0.25, -0.2) is 18.1 Å². The molecule has 9 heteroatoms. The zero-order chi connectivity index (χ0) is 13.3. The van der Waals surface area contributed by atoms with E-state index in [1.807, 2.05) is 0 Å². The van der Waals surface area contributed by atoms with Crippen LogP contribution in [-0.2, 0) is 10.0 Å². The van der Waals surface area contributed by atoms with Gasteiger partial charge in [-0.3, -0.25) is 4.40 Å². The molecule has 2 aromatic rings. The topological polar surface area (TPSA) is 83.7 Å². The maximum Gasteiger partial charge on any atom is 0.259 e. The van der Waals surface area contributed by atoms with E-state index in [0.29, 0.717) is 11.4 Å². The van der Waals surface area contributed by atoms with Crippen LogP contribution in [0.3, 0.4) is 0 Å². The van der Waals surface area contributed by atoms with E-state index in [0.717, 1.165) is 0 Å².